The van der Waals surface area contributed by atoms with Crippen molar-refractivity contribution >= 4 is 17.7 Å². The summed E-state index contributed by atoms with van der Waals surface area (Å²) in [6.45, 7) is 3.09. The van der Waals surface area contributed by atoms with Crippen LogP contribution in [0.2, 0.25) is 0 Å². The Balaban J connectivity index is 1.34. The van der Waals surface area contributed by atoms with Crippen molar-refractivity contribution in [1.82, 2.24) is 34.8 Å². The molecular formula is C19H19N7O2S. The van der Waals surface area contributed by atoms with E-state index in [0.29, 0.717) is 35.6 Å². The van der Waals surface area contributed by atoms with Crippen LogP contribution in [0.4, 0.5) is 0 Å². The first-order valence-electron chi connectivity index (χ1n) is 9.06. The first-order valence-corrected chi connectivity index (χ1v) is 10.0. The highest BCUT2D eigenvalue weighted by atomic mass is 32.2. The fraction of sp³-hybridized carbons (Fsp3) is 0.211. The van der Waals surface area contributed by atoms with E-state index in [-0.39, 0.29) is 11.7 Å². The van der Waals surface area contributed by atoms with Crippen LogP contribution in [0.3, 0.4) is 0 Å². The lowest BCUT2D eigenvalue weighted by molar-refractivity contribution is -0.118. The molecule has 0 saturated heterocycles. The largest absolute Gasteiger partial charge is 0.461 e. The molecule has 0 aliphatic rings. The molecule has 4 heterocycles. The number of nitrogens with one attached hydrogen (secondary N) is 1. The molecule has 0 aliphatic heterocycles. The van der Waals surface area contributed by atoms with Gasteiger partial charge < -0.3 is 9.73 Å². The smallest absolute Gasteiger partial charge is 0.230 e. The molecule has 0 spiro atoms. The van der Waals surface area contributed by atoms with E-state index in [1.807, 2.05) is 42.0 Å². The lowest BCUT2D eigenvalue weighted by atomic mass is 10.2. The third kappa shape index (κ3) is 4.37. The van der Waals surface area contributed by atoms with Crippen LogP contribution in [0.25, 0.3) is 17.4 Å². The Hall–Kier alpha value is -3.40. The standard InChI is InChI=1S/C19H19N7O2S/c1-2-25-18(15-5-3-10-28-15)23-24-19(25)29-13-17(27)21-12-14-6-8-20-16(11-14)26-9-4-7-22-26/h3-11H,2,12-13H2,1H3,(H,21,27). The van der Waals surface area contributed by atoms with Gasteiger partial charge in [-0.2, -0.15) is 5.10 Å². The molecule has 0 unspecified atom stereocenters. The van der Waals surface area contributed by atoms with Gasteiger partial charge in [-0.05, 0) is 42.8 Å². The van der Waals surface area contributed by atoms with Crippen LogP contribution in [0.1, 0.15) is 12.5 Å². The molecule has 0 atom stereocenters. The molecule has 0 saturated carbocycles. The molecule has 1 amide bonds. The van der Waals surface area contributed by atoms with Crippen LogP contribution in [0, 0.1) is 0 Å². The first-order chi connectivity index (χ1) is 14.2. The van der Waals surface area contributed by atoms with Gasteiger partial charge in [0, 0.05) is 31.7 Å². The Bertz CT molecular complexity index is 1070. The Morgan fingerprint density at radius 3 is 2.93 bits per heavy atom. The SMILES string of the molecule is CCn1c(SCC(=O)NCc2ccnc(-n3cccn3)c2)nnc1-c1ccco1. The predicted octanol–water partition coefficient (Wildman–Crippen LogP) is 2.55. The number of carbonyl (C=O) groups is 1. The molecule has 4 aromatic heterocycles. The number of rotatable bonds is 8. The summed E-state index contributed by atoms with van der Waals surface area (Å²) in [5.74, 6) is 2.17. The molecule has 29 heavy (non-hydrogen) atoms. The first kappa shape index (κ1) is 18.9. The molecule has 9 nitrogen and oxygen atoms in total. The van der Waals surface area contributed by atoms with Gasteiger partial charge in [-0.25, -0.2) is 9.67 Å². The third-order valence-corrected chi connectivity index (χ3v) is 5.11. The maximum absolute atomic E-state index is 12.3. The van der Waals surface area contributed by atoms with E-state index >= 15 is 0 Å². The fourth-order valence-corrected chi connectivity index (χ4v) is 3.58. The Kier molecular flexibility index (Phi) is 5.71. The average molecular weight is 409 g/mol. The molecule has 0 radical (unpaired) electrons. The van der Waals surface area contributed by atoms with Gasteiger partial charge in [-0.15, -0.1) is 10.2 Å². The second-order valence-electron chi connectivity index (χ2n) is 6.07. The zero-order valence-electron chi connectivity index (χ0n) is 15.7. The highest BCUT2D eigenvalue weighted by Crippen LogP contribution is 2.24. The van der Waals surface area contributed by atoms with Crippen molar-refractivity contribution in [3.05, 3.63) is 60.7 Å². The quantitative estimate of drug-likeness (QED) is 0.446. The monoisotopic (exact) mass is 409 g/mol. The number of hydrogen-bond donors (Lipinski definition) is 1. The van der Waals surface area contributed by atoms with E-state index in [2.05, 4.69) is 25.6 Å². The zero-order chi connectivity index (χ0) is 20.1. The molecule has 0 fully saturated rings. The van der Waals surface area contributed by atoms with E-state index in [1.54, 1.807) is 29.4 Å². The second kappa shape index (κ2) is 8.74. The van der Waals surface area contributed by atoms with Crippen molar-refractivity contribution in [2.75, 3.05) is 5.75 Å². The van der Waals surface area contributed by atoms with Crippen molar-refractivity contribution in [1.29, 1.82) is 0 Å². The van der Waals surface area contributed by atoms with Crippen molar-refractivity contribution in [2.45, 2.75) is 25.2 Å². The maximum atomic E-state index is 12.3. The Labute approximate surface area is 171 Å². The lowest BCUT2D eigenvalue weighted by Crippen LogP contribution is -2.24. The average Bonchev–Trinajstić information content (AvgIpc) is 3.51. The number of furan rings is 1. The third-order valence-electron chi connectivity index (χ3n) is 4.15. The van der Waals surface area contributed by atoms with Gasteiger partial charge in [0.05, 0.1) is 12.0 Å². The predicted molar refractivity (Wildman–Crippen MR) is 107 cm³/mol. The van der Waals surface area contributed by atoms with Gasteiger partial charge in [0.2, 0.25) is 5.91 Å². The summed E-state index contributed by atoms with van der Waals surface area (Å²) in [6.07, 6.45) is 6.82. The number of amides is 1. The summed E-state index contributed by atoms with van der Waals surface area (Å²) < 4.78 is 9.00. The maximum Gasteiger partial charge on any atom is 0.230 e. The van der Waals surface area contributed by atoms with Crippen LogP contribution < -0.4 is 5.32 Å². The number of pyridine rings is 1. The Morgan fingerprint density at radius 1 is 1.24 bits per heavy atom. The minimum Gasteiger partial charge on any atom is -0.461 e. The van der Waals surface area contributed by atoms with E-state index < -0.39 is 0 Å². The topological polar surface area (TPSA) is 104 Å². The minimum atomic E-state index is -0.0855. The molecule has 148 valence electrons. The zero-order valence-corrected chi connectivity index (χ0v) is 16.5. The summed E-state index contributed by atoms with van der Waals surface area (Å²) in [5.41, 5.74) is 0.945. The minimum absolute atomic E-state index is 0.0855. The number of thioether (sulfide) groups is 1. The van der Waals surface area contributed by atoms with Crippen molar-refractivity contribution in [3.8, 4) is 17.4 Å². The van der Waals surface area contributed by atoms with Gasteiger partial charge in [0.15, 0.2) is 22.6 Å². The van der Waals surface area contributed by atoms with Gasteiger partial charge in [0.25, 0.3) is 0 Å². The van der Waals surface area contributed by atoms with Crippen molar-refractivity contribution in [2.24, 2.45) is 0 Å². The van der Waals surface area contributed by atoms with Crippen LogP contribution in [-0.4, -0.2) is 41.2 Å². The van der Waals surface area contributed by atoms with E-state index in [4.69, 9.17) is 4.42 Å². The highest BCUT2D eigenvalue weighted by molar-refractivity contribution is 7.99. The molecule has 0 aromatic carbocycles. The number of carbonyl (C=O) groups excluding carboxylic acids is 1. The molecular weight excluding hydrogens is 390 g/mol. The van der Waals surface area contributed by atoms with Gasteiger partial charge in [-0.1, -0.05) is 11.8 Å². The van der Waals surface area contributed by atoms with Gasteiger partial charge in [-0.3, -0.25) is 9.36 Å². The summed E-state index contributed by atoms with van der Waals surface area (Å²) >= 11 is 1.34. The molecule has 4 rings (SSSR count). The highest BCUT2D eigenvalue weighted by Gasteiger charge is 2.16. The molecule has 4 aromatic rings. The molecule has 10 heteroatoms. The van der Waals surface area contributed by atoms with E-state index in [9.17, 15) is 4.79 Å². The van der Waals surface area contributed by atoms with Gasteiger partial charge >= 0.3 is 0 Å². The van der Waals surface area contributed by atoms with Crippen LogP contribution in [0.5, 0.6) is 0 Å². The number of hydrogen-bond acceptors (Lipinski definition) is 7. The van der Waals surface area contributed by atoms with Crippen LogP contribution >= 0.6 is 11.8 Å². The summed E-state index contributed by atoms with van der Waals surface area (Å²) in [7, 11) is 0. The Morgan fingerprint density at radius 2 is 2.17 bits per heavy atom. The molecule has 0 bridgehead atoms. The van der Waals surface area contributed by atoms with Crippen LogP contribution in [0.15, 0.2) is 64.8 Å². The van der Waals surface area contributed by atoms with E-state index in [0.717, 1.165) is 5.56 Å². The lowest BCUT2D eigenvalue weighted by Gasteiger charge is -2.08. The second-order valence-corrected chi connectivity index (χ2v) is 7.01. The summed E-state index contributed by atoms with van der Waals surface area (Å²) in [6, 6.07) is 9.23. The number of nitrogens with zero attached hydrogens (tertiary/aromatic N) is 6. The molecule has 1 N–H and O–H groups in total. The van der Waals surface area contributed by atoms with Crippen molar-refractivity contribution < 1.29 is 9.21 Å². The summed E-state index contributed by atoms with van der Waals surface area (Å²) in [4.78, 5) is 16.6. The van der Waals surface area contributed by atoms with Crippen LogP contribution in [-0.2, 0) is 17.9 Å². The van der Waals surface area contributed by atoms with Crippen molar-refractivity contribution in [3.63, 3.8) is 0 Å². The van der Waals surface area contributed by atoms with E-state index in [1.165, 1.54) is 11.8 Å². The molecule has 0 aliphatic carbocycles. The fourth-order valence-electron chi connectivity index (χ4n) is 2.75. The van der Waals surface area contributed by atoms with Gasteiger partial charge in [0.1, 0.15) is 0 Å². The normalized spacial score (nSPS) is 10.9. The summed E-state index contributed by atoms with van der Waals surface area (Å²) in [5, 5.41) is 16.1. The number of aromatic nitrogens is 6.